The fourth-order valence-electron chi connectivity index (χ4n) is 5.63. The summed E-state index contributed by atoms with van der Waals surface area (Å²) in [5.41, 5.74) is 3.66. The van der Waals surface area contributed by atoms with E-state index in [1.165, 1.54) is 11.3 Å². The number of anilines is 1. The SMILES string of the molecule is CCOc1ccc([C@@H]2C(C(=O)OC(C)C)=C(C)N=c3s/c(=C/c4cn(CC(=O)Nc5ccccc5)c5ccccc45)c(=O)n32)cc1. The van der Waals surface area contributed by atoms with Crippen LogP contribution in [-0.2, 0) is 20.9 Å². The lowest BCUT2D eigenvalue weighted by Crippen LogP contribution is -2.40. The Kier molecular flexibility index (Phi) is 8.72. The molecule has 2 aromatic heterocycles. The van der Waals surface area contributed by atoms with E-state index in [1.807, 2.05) is 103 Å². The van der Waals surface area contributed by atoms with Crippen molar-refractivity contribution in [1.29, 1.82) is 0 Å². The smallest absolute Gasteiger partial charge is 0.338 e. The van der Waals surface area contributed by atoms with E-state index >= 15 is 0 Å². The maximum atomic E-state index is 14.2. The first-order valence-corrected chi connectivity index (χ1v) is 15.9. The second-order valence-corrected chi connectivity index (χ2v) is 12.2. The van der Waals surface area contributed by atoms with Gasteiger partial charge >= 0.3 is 5.97 Å². The molecule has 1 amide bonds. The lowest BCUT2D eigenvalue weighted by Gasteiger charge is -2.25. The summed E-state index contributed by atoms with van der Waals surface area (Å²) in [7, 11) is 0. The molecule has 0 saturated heterocycles. The predicted molar refractivity (Wildman–Crippen MR) is 180 cm³/mol. The Bertz CT molecular complexity index is 2140. The second kappa shape index (κ2) is 13.0. The van der Waals surface area contributed by atoms with Crippen LogP contribution >= 0.6 is 11.3 Å². The van der Waals surface area contributed by atoms with E-state index < -0.39 is 12.0 Å². The van der Waals surface area contributed by atoms with Crippen molar-refractivity contribution in [2.75, 3.05) is 11.9 Å². The summed E-state index contributed by atoms with van der Waals surface area (Å²) in [5, 5.41) is 3.84. The standard InChI is InChI=1S/C36H34N4O5S/c1-5-44-27-17-15-24(16-18-27)33-32(35(43)45-22(2)3)23(4)37-36-40(33)34(42)30(46-36)19-25-20-39(29-14-10-9-13-28(25)29)21-31(41)38-26-11-7-6-8-12-26/h6-20,22,33H,5,21H2,1-4H3,(H,38,41)/b30-19+/t33-/m1/s1. The molecule has 0 saturated carbocycles. The number of aromatic nitrogens is 2. The van der Waals surface area contributed by atoms with Gasteiger partial charge in [0.1, 0.15) is 12.3 Å². The Labute approximate surface area is 269 Å². The fraction of sp³-hybridized carbons (Fsp3) is 0.222. The topological polar surface area (TPSA) is 104 Å². The van der Waals surface area contributed by atoms with Gasteiger partial charge in [0.15, 0.2) is 4.80 Å². The van der Waals surface area contributed by atoms with E-state index in [2.05, 4.69) is 5.32 Å². The molecule has 6 rings (SSSR count). The highest BCUT2D eigenvalue weighted by molar-refractivity contribution is 7.07. The zero-order valence-electron chi connectivity index (χ0n) is 26.0. The van der Waals surface area contributed by atoms with Crippen LogP contribution in [0.5, 0.6) is 5.75 Å². The number of nitrogens with one attached hydrogen (secondary N) is 1. The number of nitrogens with zero attached hydrogens (tertiary/aromatic N) is 3. The Hall–Kier alpha value is -5.22. The van der Waals surface area contributed by atoms with Gasteiger partial charge in [-0.1, -0.05) is 59.9 Å². The highest BCUT2D eigenvalue weighted by atomic mass is 32.1. The van der Waals surface area contributed by atoms with Crippen LogP contribution < -0.4 is 24.9 Å². The average Bonchev–Trinajstić information content (AvgIpc) is 3.53. The number of esters is 1. The van der Waals surface area contributed by atoms with Crippen LogP contribution in [0.4, 0.5) is 5.69 Å². The molecule has 0 radical (unpaired) electrons. The highest BCUT2D eigenvalue weighted by Crippen LogP contribution is 2.32. The first-order valence-electron chi connectivity index (χ1n) is 15.1. The molecule has 234 valence electrons. The number of rotatable bonds is 9. The van der Waals surface area contributed by atoms with Gasteiger partial charge < -0.3 is 19.4 Å². The third-order valence-electron chi connectivity index (χ3n) is 7.57. The predicted octanol–water partition coefficient (Wildman–Crippen LogP) is 5.18. The number of carbonyl (C=O) groups excluding carboxylic acids is 2. The van der Waals surface area contributed by atoms with Gasteiger partial charge in [0.25, 0.3) is 5.56 Å². The molecule has 1 aliphatic rings. The minimum Gasteiger partial charge on any atom is -0.494 e. The van der Waals surface area contributed by atoms with Crippen molar-refractivity contribution in [2.45, 2.75) is 46.4 Å². The summed E-state index contributed by atoms with van der Waals surface area (Å²) >= 11 is 1.26. The van der Waals surface area contributed by atoms with Crippen molar-refractivity contribution < 1.29 is 19.1 Å². The zero-order chi connectivity index (χ0) is 32.4. The number of fused-ring (bicyclic) bond motifs is 2. The quantitative estimate of drug-likeness (QED) is 0.225. The monoisotopic (exact) mass is 634 g/mol. The van der Waals surface area contributed by atoms with Gasteiger partial charge in [-0.3, -0.25) is 14.2 Å². The van der Waals surface area contributed by atoms with Gasteiger partial charge in [-0.2, -0.15) is 0 Å². The molecule has 1 aliphatic heterocycles. The summed E-state index contributed by atoms with van der Waals surface area (Å²) in [5.74, 6) is 0.0188. The molecule has 3 heterocycles. The molecule has 0 unspecified atom stereocenters. The van der Waals surface area contributed by atoms with Gasteiger partial charge in [-0.15, -0.1) is 0 Å². The fourth-order valence-corrected chi connectivity index (χ4v) is 6.67. The molecule has 0 fully saturated rings. The first-order chi connectivity index (χ1) is 22.2. The van der Waals surface area contributed by atoms with Gasteiger partial charge in [0.05, 0.1) is 34.6 Å². The lowest BCUT2D eigenvalue weighted by atomic mass is 9.96. The largest absolute Gasteiger partial charge is 0.494 e. The molecule has 3 aromatic carbocycles. The summed E-state index contributed by atoms with van der Waals surface area (Å²) in [6, 6.07) is 23.7. The Morgan fingerprint density at radius 3 is 2.46 bits per heavy atom. The molecule has 9 nitrogen and oxygen atoms in total. The van der Waals surface area contributed by atoms with Gasteiger partial charge in [-0.05, 0) is 69.7 Å². The Morgan fingerprint density at radius 1 is 1.02 bits per heavy atom. The van der Waals surface area contributed by atoms with Crippen molar-refractivity contribution in [1.82, 2.24) is 9.13 Å². The van der Waals surface area contributed by atoms with E-state index in [1.54, 1.807) is 25.3 Å². The first kappa shape index (κ1) is 30.8. The van der Waals surface area contributed by atoms with Crippen LogP contribution in [0, 0.1) is 0 Å². The van der Waals surface area contributed by atoms with Crippen LogP contribution in [0.2, 0.25) is 0 Å². The third-order valence-corrected chi connectivity index (χ3v) is 8.55. The third kappa shape index (κ3) is 6.16. The summed E-state index contributed by atoms with van der Waals surface area (Å²) in [6.07, 6.45) is 3.37. The molecule has 46 heavy (non-hydrogen) atoms. The number of ether oxygens (including phenoxy) is 2. The van der Waals surface area contributed by atoms with Gasteiger partial charge in [-0.25, -0.2) is 9.79 Å². The molecular formula is C36H34N4O5S. The number of hydrogen-bond donors (Lipinski definition) is 1. The van der Waals surface area contributed by atoms with Crippen molar-refractivity contribution in [3.05, 3.63) is 127 Å². The number of para-hydroxylation sites is 2. The molecular weight excluding hydrogens is 600 g/mol. The molecule has 0 bridgehead atoms. The summed E-state index contributed by atoms with van der Waals surface area (Å²) in [4.78, 5) is 45.8. The van der Waals surface area contributed by atoms with Crippen molar-refractivity contribution in [2.24, 2.45) is 4.99 Å². The average molecular weight is 635 g/mol. The number of allylic oxidation sites excluding steroid dienone is 1. The van der Waals surface area contributed by atoms with E-state index in [0.29, 0.717) is 33.0 Å². The van der Waals surface area contributed by atoms with Gasteiger partial charge in [0.2, 0.25) is 5.91 Å². The Morgan fingerprint density at radius 2 is 1.74 bits per heavy atom. The van der Waals surface area contributed by atoms with Crippen LogP contribution in [0.3, 0.4) is 0 Å². The highest BCUT2D eigenvalue weighted by Gasteiger charge is 2.34. The molecule has 0 aliphatic carbocycles. The molecule has 0 spiro atoms. The number of benzene rings is 3. The zero-order valence-corrected chi connectivity index (χ0v) is 26.8. The number of hydrogen-bond acceptors (Lipinski definition) is 7. The van der Waals surface area contributed by atoms with E-state index in [0.717, 1.165) is 27.7 Å². The maximum Gasteiger partial charge on any atom is 0.338 e. The van der Waals surface area contributed by atoms with E-state index in [9.17, 15) is 14.4 Å². The van der Waals surface area contributed by atoms with Crippen molar-refractivity contribution >= 4 is 45.9 Å². The maximum absolute atomic E-state index is 14.2. The number of thiazole rings is 1. The van der Waals surface area contributed by atoms with Crippen molar-refractivity contribution in [3.8, 4) is 5.75 Å². The molecule has 10 heteroatoms. The lowest BCUT2D eigenvalue weighted by molar-refractivity contribution is -0.143. The van der Waals surface area contributed by atoms with Crippen LogP contribution in [0.15, 0.2) is 106 Å². The van der Waals surface area contributed by atoms with E-state index in [4.69, 9.17) is 14.5 Å². The minimum atomic E-state index is -0.733. The van der Waals surface area contributed by atoms with E-state index in [-0.39, 0.29) is 24.1 Å². The molecule has 5 aromatic rings. The number of amides is 1. The molecule has 1 atom stereocenters. The second-order valence-electron chi connectivity index (χ2n) is 11.2. The minimum absolute atomic E-state index is 0.1000. The summed E-state index contributed by atoms with van der Waals surface area (Å²) in [6.45, 7) is 7.88. The Balaban J connectivity index is 1.44. The summed E-state index contributed by atoms with van der Waals surface area (Å²) < 4.78 is 15.2. The van der Waals surface area contributed by atoms with Gasteiger partial charge in [0, 0.05) is 28.4 Å². The van der Waals surface area contributed by atoms with Crippen LogP contribution in [0.25, 0.3) is 17.0 Å². The molecule has 1 N–H and O–H groups in total. The van der Waals surface area contributed by atoms with Crippen molar-refractivity contribution in [3.63, 3.8) is 0 Å². The normalized spacial score (nSPS) is 14.7. The number of carbonyl (C=O) groups is 2. The van der Waals surface area contributed by atoms with Crippen LogP contribution in [-0.4, -0.2) is 33.7 Å². The van der Waals surface area contributed by atoms with Crippen LogP contribution in [0.1, 0.15) is 44.9 Å².